The molecule has 1 unspecified atom stereocenters. The summed E-state index contributed by atoms with van der Waals surface area (Å²) in [5.41, 5.74) is 2.87. The Morgan fingerprint density at radius 1 is 1.19 bits per heavy atom. The second kappa shape index (κ2) is 6.16. The average Bonchev–Trinajstić information content (AvgIpc) is 2.93. The van der Waals surface area contributed by atoms with Crippen LogP contribution in [0.2, 0.25) is 0 Å². The largest absolute Gasteiger partial charge is 0.504 e. The Hall–Kier alpha value is -3.28. The predicted octanol–water partition coefficient (Wildman–Crippen LogP) is 3.35. The molecule has 138 valence electrons. The van der Waals surface area contributed by atoms with Crippen molar-refractivity contribution in [2.75, 3.05) is 6.61 Å². The highest BCUT2D eigenvalue weighted by Gasteiger charge is 2.36. The quantitative estimate of drug-likeness (QED) is 0.743. The summed E-state index contributed by atoms with van der Waals surface area (Å²) >= 11 is 0. The zero-order chi connectivity index (χ0) is 19.3. The molecule has 2 heterocycles. The Kier molecular flexibility index (Phi) is 3.91. The van der Waals surface area contributed by atoms with Crippen molar-refractivity contribution in [1.29, 1.82) is 0 Å². The van der Waals surface area contributed by atoms with Gasteiger partial charge in [-0.15, -0.1) is 0 Å². The first kappa shape index (κ1) is 17.1. The van der Waals surface area contributed by atoms with Gasteiger partial charge in [0.1, 0.15) is 5.58 Å². The van der Waals surface area contributed by atoms with Crippen molar-refractivity contribution in [2.45, 2.75) is 26.8 Å². The summed E-state index contributed by atoms with van der Waals surface area (Å²) in [6, 6.07) is 7.79. The molecule has 0 aliphatic carbocycles. The minimum Gasteiger partial charge on any atom is -0.504 e. The number of carbonyl (C=O) groups is 1. The molecule has 0 fully saturated rings. The topological polar surface area (TPSA) is 88.8 Å². The lowest BCUT2D eigenvalue weighted by atomic mass is 9.97. The van der Waals surface area contributed by atoms with Gasteiger partial charge in [-0.2, -0.15) is 0 Å². The van der Waals surface area contributed by atoms with E-state index in [0.29, 0.717) is 28.9 Å². The minimum atomic E-state index is -0.659. The van der Waals surface area contributed by atoms with Gasteiger partial charge in [-0.3, -0.25) is 9.59 Å². The smallest absolute Gasteiger partial charge is 0.288 e. The molecule has 6 heteroatoms. The monoisotopic (exact) mass is 365 g/mol. The summed E-state index contributed by atoms with van der Waals surface area (Å²) in [4.78, 5) is 25.7. The van der Waals surface area contributed by atoms with E-state index in [1.165, 1.54) is 6.07 Å². The zero-order valence-electron chi connectivity index (χ0n) is 15.3. The summed E-state index contributed by atoms with van der Waals surface area (Å²) in [5.74, 6) is -0.0931. The number of hydrogen-bond acceptors (Lipinski definition) is 5. The predicted molar refractivity (Wildman–Crippen MR) is 101 cm³/mol. The molecule has 6 nitrogen and oxygen atoms in total. The number of ether oxygens (including phenoxy) is 1. The molecular formula is C21H19NO5. The van der Waals surface area contributed by atoms with Crippen LogP contribution in [0.1, 0.15) is 45.8 Å². The van der Waals surface area contributed by atoms with Gasteiger partial charge in [0.05, 0.1) is 23.6 Å². The van der Waals surface area contributed by atoms with Gasteiger partial charge in [0, 0.05) is 0 Å². The number of fused-ring (bicyclic) bond motifs is 2. The van der Waals surface area contributed by atoms with Gasteiger partial charge >= 0.3 is 0 Å². The highest BCUT2D eigenvalue weighted by atomic mass is 16.5. The Morgan fingerprint density at radius 2 is 1.96 bits per heavy atom. The van der Waals surface area contributed by atoms with Crippen molar-refractivity contribution in [3.8, 4) is 11.5 Å². The van der Waals surface area contributed by atoms with Crippen LogP contribution >= 0.6 is 0 Å². The molecule has 1 atom stereocenters. The van der Waals surface area contributed by atoms with Gasteiger partial charge in [0.15, 0.2) is 16.9 Å². The fourth-order valence-corrected chi connectivity index (χ4v) is 3.63. The van der Waals surface area contributed by atoms with Crippen LogP contribution in [0.15, 0.2) is 39.5 Å². The molecule has 27 heavy (non-hydrogen) atoms. The molecule has 0 saturated carbocycles. The fourth-order valence-electron chi connectivity index (χ4n) is 3.63. The van der Waals surface area contributed by atoms with E-state index in [1.807, 2.05) is 26.8 Å². The maximum absolute atomic E-state index is 13.2. The van der Waals surface area contributed by atoms with Crippen LogP contribution in [0.25, 0.3) is 11.0 Å². The SMILES string of the molecule is CCOc1cc(C2NC(=O)c3oc4cc(C)cc(C)c4c(=O)c32)ccc1O. The molecule has 1 aliphatic rings. The lowest BCUT2D eigenvalue weighted by molar-refractivity contribution is 0.0938. The molecule has 1 amide bonds. The lowest BCUT2D eigenvalue weighted by Gasteiger charge is -2.14. The van der Waals surface area contributed by atoms with Gasteiger partial charge in [-0.25, -0.2) is 0 Å². The van der Waals surface area contributed by atoms with Crippen LogP contribution in [0.5, 0.6) is 11.5 Å². The van der Waals surface area contributed by atoms with Gasteiger partial charge in [-0.1, -0.05) is 12.1 Å². The Morgan fingerprint density at radius 3 is 2.70 bits per heavy atom. The van der Waals surface area contributed by atoms with Gasteiger partial charge in [0.25, 0.3) is 5.91 Å². The third-order valence-electron chi connectivity index (χ3n) is 4.76. The van der Waals surface area contributed by atoms with Crippen molar-refractivity contribution >= 4 is 16.9 Å². The van der Waals surface area contributed by atoms with Crippen LogP contribution in [0, 0.1) is 13.8 Å². The number of aromatic hydroxyl groups is 1. The summed E-state index contributed by atoms with van der Waals surface area (Å²) in [5, 5.41) is 13.2. The molecule has 0 radical (unpaired) electrons. The number of nitrogens with one attached hydrogen (secondary N) is 1. The van der Waals surface area contributed by atoms with Gasteiger partial charge in [0.2, 0.25) is 5.76 Å². The number of hydrogen-bond donors (Lipinski definition) is 2. The second-order valence-electron chi connectivity index (χ2n) is 6.70. The molecule has 2 aromatic carbocycles. The van der Waals surface area contributed by atoms with E-state index in [0.717, 1.165) is 11.1 Å². The van der Waals surface area contributed by atoms with E-state index in [-0.39, 0.29) is 22.5 Å². The standard InChI is InChI=1S/C21H19NO5/c1-4-26-14-9-12(5-6-13(14)23)18-17-19(24)16-11(3)7-10(2)8-15(16)27-20(17)21(25)22-18/h5-9,18,23H,4H2,1-3H3,(H,22,25). The van der Waals surface area contributed by atoms with Crippen molar-refractivity contribution in [3.63, 3.8) is 0 Å². The zero-order valence-corrected chi connectivity index (χ0v) is 15.3. The maximum atomic E-state index is 13.2. The van der Waals surface area contributed by atoms with E-state index in [9.17, 15) is 14.7 Å². The summed E-state index contributed by atoms with van der Waals surface area (Å²) < 4.78 is 11.2. The summed E-state index contributed by atoms with van der Waals surface area (Å²) in [6.07, 6.45) is 0. The summed E-state index contributed by atoms with van der Waals surface area (Å²) in [6.45, 7) is 5.96. The van der Waals surface area contributed by atoms with E-state index in [2.05, 4.69) is 5.32 Å². The highest BCUT2D eigenvalue weighted by molar-refractivity contribution is 5.99. The molecule has 1 aromatic heterocycles. The maximum Gasteiger partial charge on any atom is 0.288 e. The molecule has 0 saturated heterocycles. The Balaban J connectivity index is 1.95. The summed E-state index contributed by atoms with van der Waals surface area (Å²) in [7, 11) is 0. The Labute approximate surface area is 155 Å². The second-order valence-corrected chi connectivity index (χ2v) is 6.70. The van der Waals surface area contributed by atoms with Crippen molar-refractivity contribution in [3.05, 3.63) is 68.6 Å². The third-order valence-corrected chi connectivity index (χ3v) is 4.76. The molecular weight excluding hydrogens is 346 g/mol. The van der Waals surface area contributed by atoms with Gasteiger partial charge in [-0.05, 0) is 55.7 Å². The lowest BCUT2D eigenvalue weighted by Crippen LogP contribution is -2.22. The van der Waals surface area contributed by atoms with Crippen molar-refractivity contribution < 1.29 is 19.1 Å². The molecule has 0 bridgehead atoms. The Bertz CT molecular complexity index is 1150. The van der Waals surface area contributed by atoms with E-state index in [1.54, 1.807) is 18.2 Å². The number of aryl methyl sites for hydroxylation is 2. The van der Waals surface area contributed by atoms with Crippen LogP contribution in [0.3, 0.4) is 0 Å². The van der Waals surface area contributed by atoms with E-state index in [4.69, 9.17) is 9.15 Å². The fraction of sp³-hybridized carbons (Fsp3) is 0.238. The van der Waals surface area contributed by atoms with E-state index < -0.39 is 11.9 Å². The average molecular weight is 365 g/mol. The van der Waals surface area contributed by atoms with Crippen LogP contribution in [-0.4, -0.2) is 17.6 Å². The van der Waals surface area contributed by atoms with E-state index >= 15 is 0 Å². The van der Waals surface area contributed by atoms with Crippen molar-refractivity contribution in [1.82, 2.24) is 5.32 Å². The minimum absolute atomic E-state index is 0.00186. The number of rotatable bonds is 3. The van der Waals surface area contributed by atoms with Gasteiger partial charge < -0.3 is 19.6 Å². The first-order valence-corrected chi connectivity index (χ1v) is 8.75. The van der Waals surface area contributed by atoms with Crippen LogP contribution in [-0.2, 0) is 0 Å². The normalized spacial score (nSPS) is 15.7. The van der Waals surface area contributed by atoms with Crippen molar-refractivity contribution in [2.24, 2.45) is 0 Å². The highest BCUT2D eigenvalue weighted by Crippen LogP contribution is 2.35. The molecule has 1 aliphatic heterocycles. The molecule has 4 rings (SSSR count). The number of carbonyl (C=O) groups excluding carboxylic acids is 1. The number of phenolic OH excluding ortho intramolecular Hbond substituents is 1. The van der Waals surface area contributed by atoms with Crippen LogP contribution in [0.4, 0.5) is 0 Å². The molecule has 2 N–H and O–H groups in total. The molecule has 0 spiro atoms. The number of phenols is 1. The number of amides is 1. The first-order chi connectivity index (χ1) is 12.9. The van der Waals surface area contributed by atoms with Crippen LogP contribution < -0.4 is 15.5 Å². The third kappa shape index (κ3) is 2.65. The molecule has 3 aromatic rings. The number of benzene rings is 2. The first-order valence-electron chi connectivity index (χ1n) is 8.75.